The molecule has 0 radical (unpaired) electrons. The number of amides is 3. The van der Waals surface area contributed by atoms with Gasteiger partial charge in [-0.2, -0.15) is 0 Å². The molecule has 3 amide bonds. The third kappa shape index (κ3) is 4.43. The van der Waals surface area contributed by atoms with Gasteiger partial charge in [0.15, 0.2) is 0 Å². The zero-order chi connectivity index (χ0) is 16.8. The Bertz CT molecular complexity index is 559. The quantitative estimate of drug-likeness (QED) is 0.876. The van der Waals surface area contributed by atoms with Crippen molar-refractivity contribution in [2.24, 2.45) is 0 Å². The van der Waals surface area contributed by atoms with Crippen molar-refractivity contribution >= 4 is 17.6 Å². The highest BCUT2D eigenvalue weighted by molar-refractivity contribution is 5.96. The summed E-state index contributed by atoms with van der Waals surface area (Å²) in [7, 11) is 0. The molecule has 0 aromatic heterocycles. The summed E-state index contributed by atoms with van der Waals surface area (Å²) in [5.74, 6) is -0.474. The summed E-state index contributed by atoms with van der Waals surface area (Å²) in [6.07, 6.45) is 2.03. The van der Waals surface area contributed by atoms with Crippen LogP contribution >= 0.6 is 0 Å². The van der Waals surface area contributed by atoms with Crippen molar-refractivity contribution in [2.75, 3.05) is 24.5 Å². The third-order valence-corrected chi connectivity index (χ3v) is 3.85. The van der Waals surface area contributed by atoms with Crippen molar-refractivity contribution in [3.63, 3.8) is 0 Å². The van der Waals surface area contributed by atoms with E-state index in [1.807, 2.05) is 13.8 Å². The van der Waals surface area contributed by atoms with E-state index in [1.165, 1.54) is 17.0 Å². The second-order valence-corrected chi connectivity index (χ2v) is 5.82. The van der Waals surface area contributed by atoms with Gasteiger partial charge in [-0.15, -0.1) is 0 Å². The van der Waals surface area contributed by atoms with E-state index >= 15 is 0 Å². The summed E-state index contributed by atoms with van der Waals surface area (Å²) in [6, 6.07) is 5.58. The summed E-state index contributed by atoms with van der Waals surface area (Å²) in [4.78, 5) is 27.7. The van der Waals surface area contributed by atoms with Crippen molar-refractivity contribution in [2.45, 2.75) is 39.2 Å². The molecule has 5 nitrogen and oxygen atoms in total. The maximum atomic E-state index is 13.3. The molecule has 1 heterocycles. The van der Waals surface area contributed by atoms with Crippen molar-refractivity contribution < 1.29 is 14.0 Å². The first-order chi connectivity index (χ1) is 11.0. The second kappa shape index (κ2) is 7.94. The molecule has 6 heteroatoms. The molecule has 2 rings (SSSR count). The number of benzene rings is 1. The summed E-state index contributed by atoms with van der Waals surface area (Å²) in [5.41, 5.74) is 0.533. The molecular formula is C17H24FN3O2. The molecule has 1 aromatic carbocycles. The molecule has 0 bridgehead atoms. The Labute approximate surface area is 136 Å². The van der Waals surface area contributed by atoms with E-state index in [9.17, 15) is 14.0 Å². The summed E-state index contributed by atoms with van der Waals surface area (Å²) >= 11 is 0. The number of urea groups is 1. The number of anilines is 1. The topological polar surface area (TPSA) is 52.7 Å². The maximum absolute atomic E-state index is 13.3. The lowest BCUT2D eigenvalue weighted by atomic mass is 10.2. The van der Waals surface area contributed by atoms with Crippen LogP contribution in [0.5, 0.6) is 0 Å². The molecule has 126 valence electrons. The van der Waals surface area contributed by atoms with Gasteiger partial charge in [-0.05, 0) is 31.0 Å². The van der Waals surface area contributed by atoms with Crippen LogP contribution < -0.4 is 10.2 Å². The third-order valence-electron chi connectivity index (χ3n) is 3.85. The minimum atomic E-state index is -0.375. The first-order valence-corrected chi connectivity index (χ1v) is 8.16. The molecule has 0 aliphatic carbocycles. The van der Waals surface area contributed by atoms with E-state index in [1.54, 1.807) is 17.0 Å². The molecule has 1 aromatic rings. The van der Waals surface area contributed by atoms with Gasteiger partial charge in [0.05, 0.1) is 6.04 Å². The summed E-state index contributed by atoms with van der Waals surface area (Å²) in [6.45, 7) is 5.84. The number of carbonyl (C=O) groups excluding carboxylic acids is 2. The van der Waals surface area contributed by atoms with Gasteiger partial charge in [-0.1, -0.05) is 19.9 Å². The van der Waals surface area contributed by atoms with Crippen LogP contribution in [0, 0.1) is 5.82 Å². The largest absolute Gasteiger partial charge is 0.333 e. The zero-order valence-electron chi connectivity index (χ0n) is 13.7. The van der Waals surface area contributed by atoms with Gasteiger partial charge in [0, 0.05) is 31.7 Å². The van der Waals surface area contributed by atoms with Crippen LogP contribution in [-0.4, -0.2) is 42.5 Å². The highest BCUT2D eigenvalue weighted by Gasteiger charge is 2.32. The molecule has 1 fully saturated rings. The number of hydrogen-bond acceptors (Lipinski definition) is 2. The van der Waals surface area contributed by atoms with Gasteiger partial charge in [0.25, 0.3) is 0 Å². The van der Waals surface area contributed by atoms with Gasteiger partial charge in [-0.25, -0.2) is 9.18 Å². The van der Waals surface area contributed by atoms with Crippen LogP contribution in [0.1, 0.15) is 33.1 Å². The van der Waals surface area contributed by atoms with E-state index in [2.05, 4.69) is 5.32 Å². The fraction of sp³-hybridized carbons (Fsp3) is 0.529. The lowest BCUT2D eigenvalue weighted by molar-refractivity contribution is -0.117. The van der Waals surface area contributed by atoms with E-state index in [0.29, 0.717) is 25.3 Å². The summed E-state index contributed by atoms with van der Waals surface area (Å²) < 4.78 is 13.3. The first-order valence-electron chi connectivity index (χ1n) is 8.16. The molecule has 1 atom stereocenters. The molecule has 23 heavy (non-hydrogen) atoms. The van der Waals surface area contributed by atoms with Gasteiger partial charge < -0.3 is 15.1 Å². The van der Waals surface area contributed by atoms with Crippen LogP contribution in [0.25, 0.3) is 0 Å². The number of carbonyl (C=O) groups is 2. The molecule has 0 spiro atoms. The first kappa shape index (κ1) is 17.2. The van der Waals surface area contributed by atoms with Gasteiger partial charge in [0.1, 0.15) is 5.82 Å². The number of nitrogens with zero attached hydrogens (tertiary/aromatic N) is 2. The molecular weight excluding hydrogens is 297 g/mol. The number of halogens is 1. The molecule has 1 aliphatic heterocycles. The van der Waals surface area contributed by atoms with Crippen molar-refractivity contribution in [3.05, 3.63) is 30.1 Å². The SMILES string of the molecule is CCCN(CCC)C(=O)N[C@@H]1CC(=O)N(c2cccc(F)c2)C1. The molecule has 1 saturated heterocycles. The Morgan fingerprint density at radius 1 is 1.35 bits per heavy atom. The normalized spacial score (nSPS) is 17.4. The van der Waals surface area contributed by atoms with E-state index in [0.717, 1.165) is 12.8 Å². The van der Waals surface area contributed by atoms with Crippen molar-refractivity contribution in [1.82, 2.24) is 10.2 Å². The fourth-order valence-electron chi connectivity index (χ4n) is 2.82. The lowest BCUT2D eigenvalue weighted by Gasteiger charge is -2.24. The van der Waals surface area contributed by atoms with E-state index in [4.69, 9.17) is 0 Å². The summed E-state index contributed by atoms with van der Waals surface area (Å²) in [5, 5.41) is 2.92. The average Bonchev–Trinajstić information content (AvgIpc) is 2.87. The van der Waals surface area contributed by atoms with Crippen molar-refractivity contribution in [1.29, 1.82) is 0 Å². The smallest absolute Gasteiger partial charge is 0.317 e. The van der Waals surface area contributed by atoms with Crippen molar-refractivity contribution in [3.8, 4) is 0 Å². The maximum Gasteiger partial charge on any atom is 0.317 e. The second-order valence-electron chi connectivity index (χ2n) is 5.82. The average molecular weight is 321 g/mol. The number of rotatable bonds is 6. The predicted molar refractivity (Wildman–Crippen MR) is 87.8 cm³/mol. The van der Waals surface area contributed by atoms with E-state index in [-0.39, 0.29) is 30.2 Å². The minimum Gasteiger partial charge on any atom is -0.333 e. The number of hydrogen-bond donors (Lipinski definition) is 1. The van der Waals surface area contributed by atoms with Crippen LogP contribution in [-0.2, 0) is 4.79 Å². The monoisotopic (exact) mass is 321 g/mol. The van der Waals surface area contributed by atoms with Gasteiger partial charge in [-0.3, -0.25) is 4.79 Å². The lowest BCUT2D eigenvalue weighted by Crippen LogP contribution is -2.46. The fourth-order valence-corrected chi connectivity index (χ4v) is 2.82. The van der Waals surface area contributed by atoms with Crippen LogP contribution in [0.2, 0.25) is 0 Å². The molecule has 0 unspecified atom stereocenters. The highest BCUT2D eigenvalue weighted by atomic mass is 19.1. The van der Waals surface area contributed by atoms with Crippen LogP contribution in [0.4, 0.5) is 14.9 Å². The minimum absolute atomic E-state index is 0.0987. The molecule has 1 aliphatic rings. The molecule has 1 N–H and O–H groups in total. The van der Waals surface area contributed by atoms with Crippen LogP contribution in [0.15, 0.2) is 24.3 Å². The Morgan fingerprint density at radius 3 is 2.65 bits per heavy atom. The van der Waals surface area contributed by atoms with Crippen LogP contribution in [0.3, 0.4) is 0 Å². The Hall–Kier alpha value is -2.11. The Balaban J connectivity index is 1.98. The Kier molecular flexibility index (Phi) is 5.96. The predicted octanol–water partition coefficient (Wildman–Crippen LogP) is 2.76. The standard InChI is InChI=1S/C17H24FN3O2/c1-3-8-20(9-4-2)17(23)19-14-11-16(22)21(12-14)15-7-5-6-13(18)10-15/h5-7,10,14H,3-4,8-9,11-12H2,1-2H3,(H,19,23)/t14-/m1/s1. The number of nitrogens with one attached hydrogen (secondary N) is 1. The van der Waals surface area contributed by atoms with Gasteiger partial charge in [0.2, 0.25) is 5.91 Å². The van der Waals surface area contributed by atoms with Gasteiger partial charge >= 0.3 is 6.03 Å². The highest BCUT2D eigenvalue weighted by Crippen LogP contribution is 2.22. The Morgan fingerprint density at radius 2 is 2.04 bits per heavy atom. The molecule has 0 saturated carbocycles. The zero-order valence-corrected chi connectivity index (χ0v) is 13.7. The van der Waals surface area contributed by atoms with E-state index < -0.39 is 0 Å².